The Bertz CT molecular complexity index is 624. The summed E-state index contributed by atoms with van der Waals surface area (Å²) >= 11 is 0. The Morgan fingerprint density at radius 1 is 1.41 bits per heavy atom. The molecule has 8 heteroatoms. The molecule has 3 heterocycles. The van der Waals surface area contributed by atoms with Crippen LogP contribution in [0.1, 0.15) is 29.3 Å². The number of ether oxygens (including phenoxy) is 1. The van der Waals surface area contributed by atoms with E-state index in [0.29, 0.717) is 24.7 Å². The largest absolute Gasteiger partial charge is 0.378 e. The van der Waals surface area contributed by atoms with Crippen molar-refractivity contribution in [2.75, 3.05) is 31.2 Å². The van der Waals surface area contributed by atoms with E-state index in [1.807, 2.05) is 13.0 Å². The summed E-state index contributed by atoms with van der Waals surface area (Å²) in [5, 5.41) is 9.37. The second kappa shape index (κ2) is 6.52. The van der Waals surface area contributed by atoms with Crippen molar-refractivity contribution in [1.29, 1.82) is 0 Å². The Morgan fingerprint density at radius 2 is 2.23 bits per heavy atom. The number of rotatable bonds is 4. The normalized spacial score (nSPS) is 16.3. The lowest BCUT2D eigenvalue weighted by Gasteiger charge is -2.28. The van der Waals surface area contributed by atoms with E-state index in [4.69, 9.17) is 4.74 Å². The number of H-pyrrole nitrogens is 1. The molecule has 0 aromatic carbocycles. The SMILES string of the molecule is CC(NC(=O)c1cc(N2CCOCC2)ccn1)c1ncn[nH]1. The lowest BCUT2D eigenvalue weighted by atomic mass is 10.2. The maximum Gasteiger partial charge on any atom is 0.270 e. The van der Waals surface area contributed by atoms with Crippen LogP contribution >= 0.6 is 0 Å². The number of nitrogens with zero attached hydrogens (tertiary/aromatic N) is 4. The molecule has 0 saturated carbocycles. The van der Waals surface area contributed by atoms with E-state index in [1.165, 1.54) is 6.33 Å². The van der Waals surface area contributed by atoms with Crippen LogP contribution in [0.3, 0.4) is 0 Å². The standard InChI is InChI=1S/C14H18N6O2/c1-10(13-16-9-17-19-13)18-14(21)12-8-11(2-3-15-12)20-4-6-22-7-5-20/h2-3,8-10H,4-7H2,1H3,(H,18,21)(H,16,17,19). The first-order valence-electron chi connectivity index (χ1n) is 7.19. The van der Waals surface area contributed by atoms with Crippen molar-refractivity contribution in [2.24, 2.45) is 0 Å². The number of aromatic amines is 1. The molecule has 116 valence electrons. The summed E-state index contributed by atoms with van der Waals surface area (Å²) in [6.07, 6.45) is 3.06. The Morgan fingerprint density at radius 3 is 2.95 bits per heavy atom. The summed E-state index contributed by atoms with van der Waals surface area (Å²) in [7, 11) is 0. The zero-order chi connectivity index (χ0) is 15.4. The first-order valence-corrected chi connectivity index (χ1v) is 7.19. The third-order valence-electron chi connectivity index (χ3n) is 3.54. The molecule has 1 unspecified atom stereocenters. The maximum atomic E-state index is 12.3. The number of pyridine rings is 1. The van der Waals surface area contributed by atoms with Gasteiger partial charge in [-0.2, -0.15) is 5.10 Å². The topological polar surface area (TPSA) is 96.0 Å². The van der Waals surface area contributed by atoms with Gasteiger partial charge in [-0.15, -0.1) is 0 Å². The first kappa shape index (κ1) is 14.5. The monoisotopic (exact) mass is 302 g/mol. The summed E-state index contributed by atoms with van der Waals surface area (Å²) < 4.78 is 5.34. The predicted octanol–water partition coefficient (Wildman–Crippen LogP) is 0.527. The van der Waals surface area contributed by atoms with E-state index in [1.54, 1.807) is 12.3 Å². The number of nitrogens with one attached hydrogen (secondary N) is 2. The van der Waals surface area contributed by atoms with Gasteiger partial charge < -0.3 is 15.0 Å². The summed E-state index contributed by atoms with van der Waals surface area (Å²) in [6.45, 7) is 4.88. The van der Waals surface area contributed by atoms with Gasteiger partial charge in [-0.05, 0) is 19.1 Å². The molecular weight excluding hydrogens is 284 g/mol. The van der Waals surface area contributed by atoms with Crippen LogP contribution in [0, 0.1) is 0 Å². The van der Waals surface area contributed by atoms with Crippen LogP contribution in [-0.2, 0) is 4.74 Å². The van der Waals surface area contributed by atoms with Gasteiger partial charge in [0, 0.05) is 25.0 Å². The smallest absolute Gasteiger partial charge is 0.270 e. The molecule has 0 radical (unpaired) electrons. The van der Waals surface area contributed by atoms with E-state index in [2.05, 4.69) is 30.4 Å². The van der Waals surface area contributed by atoms with Gasteiger partial charge in [-0.1, -0.05) is 0 Å². The van der Waals surface area contributed by atoms with Gasteiger partial charge in [0.05, 0.1) is 19.3 Å². The van der Waals surface area contributed by atoms with Crippen molar-refractivity contribution in [3.05, 3.63) is 36.2 Å². The number of anilines is 1. The molecule has 8 nitrogen and oxygen atoms in total. The van der Waals surface area contributed by atoms with Crippen LogP contribution in [0.15, 0.2) is 24.7 Å². The van der Waals surface area contributed by atoms with Gasteiger partial charge in [0.2, 0.25) is 0 Å². The minimum absolute atomic E-state index is 0.237. The average Bonchev–Trinajstić information content (AvgIpc) is 3.10. The molecule has 1 aliphatic heterocycles. The molecule has 0 spiro atoms. The Hall–Kier alpha value is -2.48. The highest BCUT2D eigenvalue weighted by Gasteiger charge is 2.17. The van der Waals surface area contributed by atoms with Crippen LogP contribution in [-0.4, -0.2) is 52.4 Å². The molecular formula is C14H18N6O2. The number of carbonyl (C=O) groups excluding carboxylic acids is 1. The second-order valence-corrected chi connectivity index (χ2v) is 5.06. The molecule has 1 atom stereocenters. The lowest BCUT2D eigenvalue weighted by Crippen LogP contribution is -2.36. The highest BCUT2D eigenvalue weighted by molar-refractivity contribution is 5.93. The molecule has 2 aromatic heterocycles. The zero-order valence-electron chi connectivity index (χ0n) is 12.3. The van der Waals surface area contributed by atoms with Gasteiger partial charge in [-0.3, -0.25) is 14.9 Å². The highest BCUT2D eigenvalue weighted by atomic mass is 16.5. The van der Waals surface area contributed by atoms with Gasteiger partial charge in [0.1, 0.15) is 17.8 Å². The maximum absolute atomic E-state index is 12.3. The molecule has 1 saturated heterocycles. The van der Waals surface area contributed by atoms with E-state index in [-0.39, 0.29) is 11.9 Å². The van der Waals surface area contributed by atoms with Crippen LogP contribution in [0.2, 0.25) is 0 Å². The number of hydrogen-bond donors (Lipinski definition) is 2. The van der Waals surface area contributed by atoms with E-state index in [0.717, 1.165) is 18.8 Å². The summed E-state index contributed by atoms with van der Waals surface area (Å²) in [5.41, 5.74) is 1.37. The number of carbonyl (C=O) groups is 1. The Labute approximate surface area is 127 Å². The zero-order valence-corrected chi connectivity index (χ0v) is 12.3. The molecule has 1 amide bonds. The quantitative estimate of drug-likeness (QED) is 0.855. The highest BCUT2D eigenvalue weighted by Crippen LogP contribution is 2.16. The molecule has 2 aromatic rings. The van der Waals surface area contributed by atoms with Gasteiger partial charge in [0.25, 0.3) is 5.91 Å². The van der Waals surface area contributed by atoms with Crippen LogP contribution in [0.5, 0.6) is 0 Å². The molecule has 0 aliphatic carbocycles. The lowest BCUT2D eigenvalue weighted by molar-refractivity contribution is 0.0933. The van der Waals surface area contributed by atoms with Crippen LogP contribution in [0.4, 0.5) is 5.69 Å². The van der Waals surface area contributed by atoms with Crippen molar-refractivity contribution < 1.29 is 9.53 Å². The van der Waals surface area contributed by atoms with Crippen LogP contribution < -0.4 is 10.2 Å². The Kier molecular flexibility index (Phi) is 4.29. The third kappa shape index (κ3) is 3.22. The molecule has 2 N–H and O–H groups in total. The average molecular weight is 302 g/mol. The molecule has 3 rings (SSSR count). The second-order valence-electron chi connectivity index (χ2n) is 5.06. The fraction of sp³-hybridized carbons (Fsp3) is 0.429. The number of aromatic nitrogens is 4. The fourth-order valence-electron chi connectivity index (χ4n) is 2.32. The van der Waals surface area contributed by atoms with Crippen molar-refractivity contribution in [3.63, 3.8) is 0 Å². The molecule has 1 fully saturated rings. The van der Waals surface area contributed by atoms with Gasteiger partial charge in [-0.25, -0.2) is 4.98 Å². The molecule has 1 aliphatic rings. The van der Waals surface area contributed by atoms with Crippen molar-refractivity contribution in [2.45, 2.75) is 13.0 Å². The van der Waals surface area contributed by atoms with Crippen molar-refractivity contribution in [1.82, 2.24) is 25.5 Å². The fourth-order valence-corrected chi connectivity index (χ4v) is 2.32. The van der Waals surface area contributed by atoms with E-state index < -0.39 is 0 Å². The predicted molar refractivity (Wildman–Crippen MR) is 79.5 cm³/mol. The minimum atomic E-state index is -0.260. The minimum Gasteiger partial charge on any atom is -0.378 e. The Balaban J connectivity index is 1.69. The van der Waals surface area contributed by atoms with Gasteiger partial charge >= 0.3 is 0 Å². The van der Waals surface area contributed by atoms with Crippen LogP contribution in [0.25, 0.3) is 0 Å². The summed E-state index contributed by atoms with van der Waals surface area (Å²) in [4.78, 5) is 22.7. The van der Waals surface area contributed by atoms with E-state index in [9.17, 15) is 4.79 Å². The third-order valence-corrected chi connectivity index (χ3v) is 3.54. The number of morpholine rings is 1. The van der Waals surface area contributed by atoms with Gasteiger partial charge in [0.15, 0.2) is 0 Å². The number of hydrogen-bond acceptors (Lipinski definition) is 6. The summed E-state index contributed by atoms with van der Waals surface area (Å²) in [6, 6.07) is 3.44. The first-order chi connectivity index (χ1) is 10.7. The van der Waals surface area contributed by atoms with Crippen molar-refractivity contribution >= 4 is 11.6 Å². The summed E-state index contributed by atoms with van der Waals surface area (Å²) in [5.74, 6) is 0.372. The molecule has 0 bridgehead atoms. The number of amides is 1. The van der Waals surface area contributed by atoms with Crippen molar-refractivity contribution in [3.8, 4) is 0 Å². The molecule has 22 heavy (non-hydrogen) atoms. The van der Waals surface area contributed by atoms with E-state index >= 15 is 0 Å².